The molecule has 0 saturated heterocycles. The van der Waals surface area contributed by atoms with Gasteiger partial charge in [0.2, 0.25) is 5.95 Å². The van der Waals surface area contributed by atoms with Crippen molar-refractivity contribution in [3.8, 4) is 0 Å². The van der Waals surface area contributed by atoms with Crippen molar-refractivity contribution in [1.82, 2.24) is 19.3 Å². The van der Waals surface area contributed by atoms with Gasteiger partial charge in [0.1, 0.15) is 5.69 Å². The Balaban J connectivity index is 2.21. The lowest BCUT2D eigenvalue weighted by atomic mass is 10.3. The van der Waals surface area contributed by atoms with Gasteiger partial charge in [0.15, 0.2) is 0 Å². The monoisotopic (exact) mass is 233 g/mol. The number of hydrogen-bond donors (Lipinski definition) is 1. The number of carbonyl (C=O) groups excluding carboxylic acids is 1. The lowest BCUT2D eigenvalue weighted by molar-refractivity contribution is 0.101. The highest BCUT2D eigenvalue weighted by Gasteiger charge is 2.15. The predicted octanol–water partition coefficient (Wildman–Crippen LogP) is 1.45. The molecular formula is C11H15N5O. The topological polar surface area (TPSA) is 64.7 Å². The van der Waals surface area contributed by atoms with Crippen LogP contribution in [0, 0.1) is 0 Å². The van der Waals surface area contributed by atoms with E-state index in [0.29, 0.717) is 11.6 Å². The van der Waals surface area contributed by atoms with Crippen LogP contribution in [-0.2, 0) is 7.05 Å². The van der Waals surface area contributed by atoms with E-state index in [9.17, 15) is 4.79 Å². The molecule has 90 valence electrons. The standard InChI is InChI=1S/C11H15N5O/c1-8(2)16-9(4-5-13-16)10(17)14-11-12-6-7-15(11)3/h4-8H,1-3H3,(H,12,14,17). The number of imidazole rings is 1. The number of anilines is 1. The fourth-order valence-corrected chi connectivity index (χ4v) is 1.56. The Bertz CT molecular complexity index is 525. The molecule has 2 heterocycles. The summed E-state index contributed by atoms with van der Waals surface area (Å²) in [7, 11) is 1.82. The maximum atomic E-state index is 12.0. The molecule has 0 atom stereocenters. The summed E-state index contributed by atoms with van der Waals surface area (Å²) in [5, 5.41) is 6.86. The summed E-state index contributed by atoms with van der Waals surface area (Å²) in [6.07, 6.45) is 5.03. The Morgan fingerprint density at radius 2 is 2.18 bits per heavy atom. The number of aromatic nitrogens is 4. The highest BCUT2D eigenvalue weighted by atomic mass is 16.2. The van der Waals surface area contributed by atoms with Gasteiger partial charge in [-0.2, -0.15) is 5.10 Å². The highest BCUT2D eigenvalue weighted by Crippen LogP contribution is 2.10. The van der Waals surface area contributed by atoms with Crippen molar-refractivity contribution >= 4 is 11.9 Å². The molecule has 0 bridgehead atoms. The zero-order valence-corrected chi connectivity index (χ0v) is 10.1. The van der Waals surface area contributed by atoms with Gasteiger partial charge in [-0.25, -0.2) is 4.98 Å². The van der Waals surface area contributed by atoms with Gasteiger partial charge in [-0.15, -0.1) is 0 Å². The second-order valence-corrected chi connectivity index (χ2v) is 4.07. The quantitative estimate of drug-likeness (QED) is 0.872. The van der Waals surface area contributed by atoms with Crippen molar-refractivity contribution in [2.75, 3.05) is 5.32 Å². The third-order valence-electron chi connectivity index (χ3n) is 2.44. The summed E-state index contributed by atoms with van der Waals surface area (Å²) >= 11 is 0. The van der Waals surface area contributed by atoms with Crippen molar-refractivity contribution in [2.45, 2.75) is 19.9 Å². The van der Waals surface area contributed by atoms with Crippen LogP contribution in [0.3, 0.4) is 0 Å². The van der Waals surface area contributed by atoms with Crippen molar-refractivity contribution in [2.24, 2.45) is 7.05 Å². The Kier molecular flexibility index (Phi) is 2.95. The summed E-state index contributed by atoms with van der Waals surface area (Å²) in [5.41, 5.74) is 0.531. The summed E-state index contributed by atoms with van der Waals surface area (Å²) in [4.78, 5) is 16.1. The van der Waals surface area contributed by atoms with Gasteiger partial charge in [0.25, 0.3) is 5.91 Å². The average Bonchev–Trinajstić information content (AvgIpc) is 2.87. The van der Waals surface area contributed by atoms with Gasteiger partial charge in [0, 0.05) is 31.7 Å². The van der Waals surface area contributed by atoms with E-state index in [0.717, 1.165) is 0 Å². The molecule has 0 saturated carbocycles. The van der Waals surface area contributed by atoms with Crippen LogP contribution in [0.15, 0.2) is 24.7 Å². The van der Waals surface area contributed by atoms with Gasteiger partial charge in [-0.05, 0) is 19.9 Å². The first kappa shape index (κ1) is 11.4. The van der Waals surface area contributed by atoms with E-state index >= 15 is 0 Å². The van der Waals surface area contributed by atoms with E-state index in [1.807, 2.05) is 20.9 Å². The summed E-state index contributed by atoms with van der Waals surface area (Å²) in [6.45, 7) is 3.95. The molecule has 1 N–H and O–H groups in total. The minimum absolute atomic E-state index is 0.145. The van der Waals surface area contributed by atoms with E-state index in [-0.39, 0.29) is 11.9 Å². The SMILES string of the molecule is CC(C)n1nccc1C(=O)Nc1nccn1C. The number of hydrogen-bond acceptors (Lipinski definition) is 3. The average molecular weight is 233 g/mol. The Morgan fingerprint density at radius 1 is 1.41 bits per heavy atom. The molecule has 6 nitrogen and oxygen atoms in total. The van der Waals surface area contributed by atoms with Gasteiger partial charge in [0.05, 0.1) is 0 Å². The van der Waals surface area contributed by atoms with Crippen LogP contribution in [-0.4, -0.2) is 25.2 Å². The largest absolute Gasteiger partial charge is 0.320 e. The first-order chi connectivity index (χ1) is 8.09. The van der Waals surface area contributed by atoms with Gasteiger partial charge >= 0.3 is 0 Å². The number of nitrogens with one attached hydrogen (secondary N) is 1. The molecule has 0 aromatic carbocycles. The van der Waals surface area contributed by atoms with E-state index in [1.165, 1.54) is 0 Å². The maximum Gasteiger partial charge on any atom is 0.276 e. The van der Waals surface area contributed by atoms with Crippen LogP contribution in [0.5, 0.6) is 0 Å². The molecule has 2 aromatic rings. The van der Waals surface area contributed by atoms with Crippen molar-refractivity contribution in [3.05, 3.63) is 30.4 Å². The minimum Gasteiger partial charge on any atom is -0.320 e. The molecular weight excluding hydrogens is 218 g/mol. The van der Waals surface area contributed by atoms with Gasteiger partial charge < -0.3 is 4.57 Å². The number of aryl methyl sites for hydroxylation is 1. The minimum atomic E-state index is -0.203. The van der Waals surface area contributed by atoms with Gasteiger partial charge in [-0.1, -0.05) is 0 Å². The second kappa shape index (κ2) is 4.40. The van der Waals surface area contributed by atoms with Crippen LogP contribution in [0.25, 0.3) is 0 Å². The number of carbonyl (C=O) groups is 1. The van der Waals surface area contributed by atoms with Crippen molar-refractivity contribution in [3.63, 3.8) is 0 Å². The number of nitrogens with zero attached hydrogens (tertiary/aromatic N) is 4. The highest BCUT2D eigenvalue weighted by molar-refractivity contribution is 6.02. The molecule has 0 spiro atoms. The maximum absolute atomic E-state index is 12.0. The molecule has 0 aliphatic heterocycles. The third-order valence-corrected chi connectivity index (χ3v) is 2.44. The lowest BCUT2D eigenvalue weighted by Crippen LogP contribution is -2.20. The van der Waals surface area contributed by atoms with Crippen molar-refractivity contribution in [1.29, 1.82) is 0 Å². The first-order valence-corrected chi connectivity index (χ1v) is 5.41. The molecule has 2 rings (SSSR count). The summed E-state index contributed by atoms with van der Waals surface area (Å²) in [5.74, 6) is 0.317. The van der Waals surface area contributed by atoms with Crippen LogP contribution in [0.2, 0.25) is 0 Å². The van der Waals surface area contributed by atoms with Gasteiger partial charge in [-0.3, -0.25) is 14.8 Å². The molecule has 17 heavy (non-hydrogen) atoms. The summed E-state index contributed by atoms with van der Waals surface area (Å²) in [6, 6.07) is 1.84. The third kappa shape index (κ3) is 2.20. The molecule has 0 aliphatic rings. The number of rotatable bonds is 3. The smallest absolute Gasteiger partial charge is 0.276 e. The Hall–Kier alpha value is -2.11. The molecule has 0 aliphatic carbocycles. The van der Waals surface area contributed by atoms with E-state index in [4.69, 9.17) is 0 Å². The van der Waals surface area contributed by atoms with Crippen LogP contribution >= 0.6 is 0 Å². The Labute approximate surface area is 99.3 Å². The Morgan fingerprint density at radius 3 is 2.76 bits per heavy atom. The van der Waals surface area contributed by atoms with Crippen LogP contribution in [0.4, 0.5) is 5.95 Å². The van der Waals surface area contributed by atoms with Crippen LogP contribution < -0.4 is 5.32 Å². The molecule has 1 amide bonds. The zero-order valence-electron chi connectivity index (χ0n) is 10.1. The first-order valence-electron chi connectivity index (χ1n) is 5.41. The van der Waals surface area contributed by atoms with Crippen LogP contribution in [0.1, 0.15) is 30.4 Å². The normalized spacial score (nSPS) is 10.8. The zero-order chi connectivity index (χ0) is 12.4. The number of amides is 1. The second-order valence-electron chi connectivity index (χ2n) is 4.07. The molecule has 2 aromatic heterocycles. The lowest BCUT2D eigenvalue weighted by Gasteiger charge is -2.10. The molecule has 0 unspecified atom stereocenters. The fraction of sp³-hybridized carbons (Fsp3) is 0.364. The van der Waals surface area contributed by atoms with E-state index < -0.39 is 0 Å². The molecule has 0 fully saturated rings. The molecule has 0 radical (unpaired) electrons. The van der Waals surface area contributed by atoms with E-state index in [2.05, 4.69) is 15.4 Å². The fourth-order valence-electron chi connectivity index (χ4n) is 1.56. The summed E-state index contributed by atoms with van der Waals surface area (Å²) < 4.78 is 3.42. The predicted molar refractivity (Wildman–Crippen MR) is 63.8 cm³/mol. The van der Waals surface area contributed by atoms with Crippen molar-refractivity contribution < 1.29 is 4.79 Å². The molecule has 6 heteroatoms. The van der Waals surface area contributed by atoms with E-state index in [1.54, 1.807) is 33.9 Å².